The Bertz CT molecular complexity index is 626. The Morgan fingerprint density at radius 1 is 1.29 bits per heavy atom. The molecule has 2 rings (SSSR count). The molecule has 0 aliphatic rings. The summed E-state index contributed by atoms with van der Waals surface area (Å²) in [5, 5.41) is 7.69. The third kappa shape index (κ3) is 5.07. The van der Waals surface area contributed by atoms with Gasteiger partial charge in [-0.25, -0.2) is 4.98 Å². The minimum atomic E-state index is 0.524. The Hall–Kier alpha value is -2.08. The molecular weight excluding hydrogens is 282 g/mol. The number of thiocarbonyl (C=S) groups is 1. The first kappa shape index (κ1) is 15.3. The quantitative estimate of drug-likeness (QED) is 0.372. The SMILES string of the molecule is CCCCCNC(=S)N/N=C\c1cnc2ccccc2n1. The normalized spacial score (nSPS) is 10.9. The van der Waals surface area contributed by atoms with Crippen LogP contribution in [0.2, 0.25) is 0 Å². The molecule has 21 heavy (non-hydrogen) atoms. The molecule has 0 fully saturated rings. The maximum Gasteiger partial charge on any atom is 0.186 e. The first-order valence-electron chi connectivity index (χ1n) is 7.08. The highest BCUT2D eigenvalue weighted by molar-refractivity contribution is 7.80. The number of aromatic nitrogens is 2. The van der Waals surface area contributed by atoms with Gasteiger partial charge in [0.05, 0.1) is 23.4 Å². The minimum Gasteiger partial charge on any atom is -0.361 e. The molecule has 6 heteroatoms. The maximum atomic E-state index is 5.12. The molecule has 0 atom stereocenters. The summed E-state index contributed by atoms with van der Waals surface area (Å²) in [4.78, 5) is 8.76. The lowest BCUT2D eigenvalue weighted by Crippen LogP contribution is -2.32. The number of hydrogen-bond acceptors (Lipinski definition) is 4. The number of fused-ring (bicyclic) bond motifs is 1. The third-order valence-corrected chi connectivity index (χ3v) is 3.13. The highest BCUT2D eigenvalue weighted by atomic mass is 32.1. The van der Waals surface area contributed by atoms with Gasteiger partial charge in [-0.05, 0) is 30.8 Å². The maximum absolute atomic E-state index is 5.12. The average molecular weight is 301 g/mol. The van der Waals surface area contributed by atoms with Gasteiger partial charge >= 0.3 is 0 Å². The largest absolute Gasteiger partial charge is 0.361 e. The van der Waals surface area contributed by atoms with Crippen LogP contribution in [0, 0.1) is 0 Å². The minimum absolute atomic E-state index is 0.524. The number of benzene rings is 1. The van der Waals surface area contributed by atoms with Gasteiger partial charge in [0, 0.05) is 6.54 Å². The summed E-state index contributed by atoms with van der Waals surface area (Å²) in [6, 6.07) is 7.73. The van der Waals surface area contributed by atoms with Gasteiger partial charge in [-0.3, -0.25) is 10.4 Å². The van der Waals surface area contributed by atoms with Gasteiger partial charge in [0.2, 0.25) is 0 Å². The first-order chi connectivity index (χ1) is 10.3. The molecule has 0 saturated heterocycles. The van der Waals surface area contributed by atoms with E-state index in [0.717, 1.165) is 24.0 Å². The number of nitrogens with zero attached hydrogens (tertiary/aromatic N) is 3. The molecule has 0 amide bonds. The second kappa shape index (κ2) is 8.26. The van der Waals surface area contributed by atoms with Crippen molar-refractivity contribution in [3.63, 3.8) is 0 Å². The fourth-order valence-electron chi connectivity index (χ4n) is 1.81. The number of nitrogens with one attached hydrogen (secondary N) is 2. The third-order valence-electron chi connectivity index (χ3n) is 2.90. The first-order valence-corrected chi connectivity index (χ1v) is 7.49. The summed E-state index contributed by atoms with van der Waals surface area (Å²) in [7, 11) is 0. The van der Waals surface area contributed by atoms with Gasteiger partial charge in [-0.15, -0.1) is 0 Å². The molecule has 0 bridgehead atoms. The van der Waals surface area contributed by atoms with Gasteiger partial charge in [0.1, 0.15) is 5.69 Å². The summed E-state index contributed by atoms with van der Waals surface area (Å²) in [5.41, 5.74) is 5.19. The molecule has 0 unspecified atom stereocenters. The zero-order chi connectivity index (χ0) is 14.9. The molecule has 0 saturated carbocycles. The van der Waals surface area contributed by atoms with Crippen molar-refractivity contribution in [3.05, 3.63) is 36.2 Å². The van der Waals surface area contributed by atoms with Gasteiger partial charge < -0.3 is 5.32 Å². The molecule has 1 aromatic carbocycles. The van der Waals surface area contributed by atoms with Crippen LogP contribution in [0.25, 0.3) is 11.0 Å². The number of hydrazone groups is 1. The van der Waals surface area contributed by atoms with E-state index in [1.807, 2.05) is 24.3 Å². The highest BCUT2D eigenvalue weighted by Gasteiger charge is 1.97. The highest BCUT2D eigenvalue weighted by Crippen LogP contribution is 2.07. The molecule has 1 heterocycles. The van der Waals surface area contributed by atoms with Crippen LogP contribution in [0.3, 0.4) is 0 Å². The predicted octanol–water partition coefficient (Wildman–Crippen LogP) is 2.62. The van der Waals surface area contributed by atoms with Crippen LogP contribution in [-0.4, -0.2) is 27.8 Å². The van der Waals surface area contributed by atoms with E-state index in [4.69, 9.17) is 12.2 Å². The van der Waals surface area contributed by atoms with Crippen LogP contribution >= 0.6 is 12.2 Å². The zero-order valence-corrected chi connectivity index (χ0v) is 12.9. The van der Waals surface area contributed by atoms with E-state index in [2.05, 4.69) is 32.7 Å². The van der Waals surface area contributed by atoms with Gasteiger partial charge in [0.15, 0.2) is 5.11 Å². The van der Waals surface area contributed by atoms with E-state index in [-0.39, 0.29) is 0 Å². The van der Waals surface area contributed by atoms with Crippen LogP contribution < -0.4 is 10.7 Å². The summed E-state index contributed by atoms with van der Waals surface area (Å²) in [6.07, 6.45) is 6.80. The van der Waals surface area contributed by atoms with E-state index < -0.39 is 0 Å². The Morgan fingerprint density at radius 2 is 2.10 bits per heavy atom. The van der Waals surface area contributed by atoms with Crippen LogP contribution in [0.4, 0.5) is 0 Å². The van der Waals surface area contributed by atoms with Crippen LogP contribution in [0.1, 0.15) is 31.9 Å². The Labute approximate surface area is 129 Å². The summed E-state index contributed by atoms with van der Waals surface area (Å²) in [5.74, 6) is 0. The molecule has 1 aromatic heterocycles. The number of hydrogen-bond donors (Lipinski definition) is 2. The van der Waals surface area contributed by atoms with E-state index in [1.165, 1.54) is 12.8 Å². The van der Waals surface area contributed by atoms with E-state index >= 15 is 0 Å². The van der Waals surface area contributed by atoms with E-state index in [9.17, 15) is 0 Å². The Morgan fingerprint density at radius 3 is 2.90 bits per heavy atom. The second-order valence-corrected chi connectivity index (χ2v) is 5.02. The summed E-state index contributed by atoms with van der Waals surface area (Å²) >= 11 is 5.12. The van der Waals surface area contributed by atoms with Crippen molar-refractivity contribution in [1.82, 2.24) is 20.7 Å². The molecule has 2 N–H and O–H groups in total. The van der Waals surface area contributed by atoms with Crippen molar-refractivity contribution < 1.29 is 0 Å². The smallest absolute Gasteiger partial charge is 0.186 e. The second-order valence-electron chi connectivity index (χ2n) is 4.62. The molecule has 0 aliphatic carbocycles. The fourth-order valence-corrected chi connectivity index (χ4v) is 1.96. The van der Waals surface area contributed by atoms with Crippen LogP contribution in [0.5, 0.6) is 0 Å². The zero-order valence-electron chi connectivity index (χ0n) is 12.0. The predicted molar refractivity (Wildman–Crippen MR) is 90.4 cm³/mol. The monoisotopic (exact) mass is 301 g/mol. The fraction of sp³-hybridized carbons (Fsp3) is 0.333. The van der Waals surface area contributed by atoms with Crippen LogP contribution in [-0.2, 0) is 0 Å². The lowest BCUT2D eigenvalue weighted by atomic mass is 10.2. The summed E-state index contributed by atoms with van der Waals surface area (Å²) in [6.45, 7) is 3.04. The van der Waals surface area contributed by atoms with E-state index in [1.54, 1.807) is 12.4 Å². The lowest BCUT2D eigenvalue weighted by molar-refractivity contribution is 0.691. The van der Waals surface area contributed by atoms with Crippen molar-refractivity contribution in [2.24, 2.45) is 5.10 Å². The standard InChI is InChI=1S/C15H19N5S/c1-2-3-6-9-16-15(21)20-18-11-12-10-17-13-7-4-5-8-14(13)19-12/h4-5,7-8,10-11H,2-3,6,9H2,1H3,(H2,16,20,21)/b18-11-. The number of rotatable bonds is 6. The molecule has 5 nitrogen and oxygen atoms in total. The number of para-hydroxylation sites is 2. The topological polar surface area (TPSA) is 62.2 Å². The Balaban J connectivity index is 1.83. The van der Waals surface area contributed by atoms with Gasteiger partial charge in [-0.2, -0.15) is 5.10 Å². The summed E-state index contributed by atoms with van der Waals surface area (Å²) < 4.78 is 0. The molecular formula is C15H19N5S. The van der Waals surface area contributed by atoms with E-state index in [0.29, 0.717) is 10.8 Å². The Kier molecular flexibility index (Phi) is 6.02. The lowest BCUT2D eigenvalue weighted by Gasteiger charge is -2.05. The molecule has 0 aliphatic heterocycles. The molecule has 2 aromatic rings. The molecule has 0 radical (unpaired) electrons. The van der Waals surface area contributed by atoms with Crippen LogP contribution in [0.15, 0.2) is 35.6 Å². The van der Waals surface area contributed by atoms with Gasteiger partial charge in [-0.1, -0.05) is 31.9 Å². The molecule has 0 spiro atoms. The van der Waals surface area contributed by atoms with Crippen molar-refractivity contribution >= 4 is 34.6 Å². The average Bonchev–Trinajstić information content (AvgIpc) is 2.51. The van der Waals surface area contributed by atoms with Crippen molar-refractivity contribution in [3.8, 4) is 0 Å². The number of unbranched alkanes of at least 4 members (excludes halogenated alkanes) is 2. The molecule has 110 valence electrons. The van der Waals surface area contributed by atoms with Crippen molar-refractivity contribution in [2.75, 3.05) is 6.54 Å². The van der Waals surface area contributed by atoms with Crippen molar-refractivity contribution in [1.29, 1.82) is 0 Å². The van der Waals surface area contributed by atoms with Crippen molar-refractivity contribution in [2.45, 2.75) is 26.2 Å². The van der Waals surface area contributed by atoms with Gasteiger partial charge in [0.25, 0.3) is 0 Å².